The van der Waals surface area contributed by atoms with Gasteiger partial charge in [-0.2, -0.15) is 0 Å². The summed E-state index contributed by atoms with van der Waals surface area (Å²) < 4.78 is 90.2. The van der Waals surface area contributed by atoms with Crippen molar-refractivity contribution in [3.05, 3.63) is 12.7 Å². The molecule has 0 radical (unpaired) electrons. The molecule has 0 aromatic heterocycles. The van der Waals surface area contributed by atoms with Crippen molar-refractivity contribution in [2.75, 3.05) is 146 Å². The third-order valence-corrected chi connectivity index (χ3v) is 11.6. The van der Waals surface area contributed by atoms with Gasteiger partial charge in [0.2, 0.25) is 5.79 Å². The lowest BCUT2D eigenvalue weighted by molar-refractivity contribution is -0.381. The molecule has 4 aliphatic heterocycles. The molecule has 10 N–H and O–H groups in total. The number of carbonyl (C=O) groups excluding carboxylic acids is 1. The van der Waals surface area contributed by atoms with E-state index in [-0.39, 0.29) is 46.2 Å². The molecule has 7 unspecified atom stereocenters. The highest BCUT2D eigenvalue weighted by Crippen LogP contribution is 2.33. The maximum absolute atomic E-state index is 12.6. The van der Waals surface area contributed by atoms with Gasteiger partial charge in [0.1, 0.15) is 85.5 Å². The van der Waals surface area contributed by atoms with E-state index in [1.54, 1.807) is 20.2 Å². The van der Waals surface area contributed by atoms with Crippen molar-refractivity contribution < 1.29 is 132 Å². The fraction of sp³-hybridized carbons (Fsp3) is 0.932. The van der Waals surface area contributed by atoms with Gasteiger partial charge in [0, 0.05) is 14.1 Å². The molecule has 4 heterocycles. The molecular weight excluding hydrogens is 974 g/mol. The Labute approximate surface area is 417 Å². The van der Waals surface area contributed by atoms with Gasteiger partial charge >= 0.3 is 0 Å². The van der Waals surface area contributed by atoms with Crippen LogP contribution in [-0.4, -0.2) is 318 Å². The molecular formula is C44H79NO27. The molecule has 28 nitrogen and oxygen atoms in total. The largest absolute Gasteiger partial charge is 0.394 e. The van der Waals surface area contributed by atoms with Crippen molar-refractivity contribution in [3.8, 4) is 0 Å². The Morgan fingerprint density at radius 1 is 0.569 bits per heavy atom. The number of amides is 1. The van der Waals surface area contributed by atoms with E-state index in [1.165, 1.54) is 11.8 Å². The van der Waals surface area contributed by atoms with Crippen LogP contribution >= 0.6 is 0 Å². The first-order chi connectivity index (χ1) is 34.6. The zero-order valence-electron chi connectivity index (χ0n) is 41.1. The third kappa shape index (κ3) is 19.3. The predicted octanol–water partition coefficient (Wildman–Crippen LogP) is -6.64. The highest BCUT2D eigenvalue weighted by molar-refractivity contribution is 5.83. The van der Waals surface area contributed by atoms with Gasteiger partial charge in [-0.15, -0.1) is 6.58 Å². The van der Waals surface area contributed by atoms with E-state index in [0.717, 1.165) is 0 Å². The van der Waals surface area contributed by atoms with E-state index in [9.17, 15) is 55.9 Å². The van der Waals surface area contributed by atoms with Crippen LogP contribution in [0.1, 0.15) is 6.92 Å². The number of hydrogen-bond acceptors (Lipinski definition) is 27. The van der Waals surface area contributed by atoms with Crippen LogP contribution in [0.15, 0.2) is 12.7 Å². The molecule has 4 aliphatic rings. The first-order valence-electron chi connectivity index (χ1n) is 23.9. The van der Waals surface area contributed by atoms with Crippen LogP contribution in [0.25, 0.3) is 0 Å². The van der Waals surface area contributed by atoms with Gasteiger partial charge in [-0.1, -0.05) is 6.08 Å². The summed E-state index contributed by atoms with van der Waals surface area (Å²) in [7, 11) is 3.12. The molecule has 0 saturated carbocycles. The van der Waals surface area contributed by atoms with E-state index in [1.807, 2.05) is 0 Å². The minimum atomic E-state index is -2.01. The normalized spacial score (nSPS) is 35.8. The van der Waals surface area contributed by atoms with Crippen LogP contribution < -0.4 is 0 Å². The number of carbonyl (C=O) groups is 1. The van der Waals surface area contributed by atoms with E-state index in [0.29, 0.717) is 66.1 Å². The summed E-state index contributed by atoms with van der Waals surface area (Å²) in [6, 6.07) is 0. The lowest BCUT2D eigenvalue weighted by atomic mass is 9.96. The number of rotatable bonds is 35. The number of nitrogens with zero attached hydrogens (tertiary/aromatic N) is 1. The Morgan fingerprint density at radius 3 is 1.42 bits per heavy atom. The van der Waals surface area contributed by atoms with Crippen LogP contribution in [0, 0.1) is 0 Å². The number of aliphatic hydroxyl groups excluding tert-OH is 10. The molecule has 0 aromatic rings. The summed E-state index contributed by atoms with van der Waals surface area (Å²) in [5, 5.41) is 106. The van der Waals surface area contributed by atoms with Crippen LogP contribution in [0.3, 0.4) is 0 Å². The summed E-state index contributed by atoms with van der Waals surface area (Å²) >= 11 is 0. The van der Waals surface area contributed by atoms with Crippen molar-refractivity contribution >= 4 is 5.91 Å². The highest BCUT2D eigenvalue weighted by atomic mass is 16.8. The van der Waals surface area contributed by atoms with E-state index in [4.69, 9.17) is 75.8 Å². The van der Waals surface area contributed by atoms with Gasteiger partial charge in [0.25, 0.3) is 5.91 Å². The van der Waals surface area contributed by atoms with Gasteiger partial charge in [0.05, 0.1) is 132 Å². The number of hydrogen-bond donors (Lipinski definition) is 10. The quantitative estimate of drug-likeness (QED) is 0.0208. The molecule has 1 amide bonds. The van der Waals surface area contributed by atoms with Crippen LogP contribution in [0.5, 0.6) is 0 Å². The van der Waals surface area contributed by atoms with Gasteiger partial charge in [-0.25, -0.2) is 0 Å². The maximum Gasteiger partial charge on any atom is 0.282 e. The zero-order chi connectivity index (χ0) is 52.6. The Hall–Kier alpha value is -1.83. The number of likely N-dealkylation sites (N-methyl/N-ethyl adjacent to an activating group) is 1. The second kappa shape index (κ2) is 33.4. The maximum atomic E-state index is 12.6. The molecule has 0 aromatic carbocycles. The molecule has 4 rings (SSSR count). The van der Waals surface area contributed by atoms with Crippen molar-refractivity contribution in [2.45, 2.75) is 117 Å². The van der Waals surface area contributed by atoms with Crippen molar-refractivity contribution in [1.82, 2.24) is 4.90 Å². The average molecular weight is 1050 g/mol. The summed E-state index contributed by atoms with van der Waals surface area (Å²) in [4.78, 5) is 13.9. The lowest BCUT2D eigenvalue weighted by Gasteiger charge is -2.48. The average Bonchev–Trinajstić information content (AvgIpc) is 3.37. The zero-order valence-corrected chi connectivity index (χ0v) is 41.1. The summed E-state index contributed by atoms with van der Waals surface area (Å²) in [5.74, 6) is -1.93. The smallest absolute Gasteiger partial charge is 0.282 e. The fourth-order valence-electron chi connectivity index (χ4n) is 7.53. The van der Waals surface area contributed by atoms with E-state index in [2.05, 4.69) is 6.58 Å². The third-order valence-electron chi connectivity index (χ3n) is 11.6. The predicted molar refractivity (Wildman–Crippen MR) is 239 cm³/mol. The summed E-state index contributed by atoms with van der Waals surface area (Å²) in [6.45, 7) is 6.83. The SMILES string of the molecule is C=CCOCCOCCOCCOCCOCCOCCOCC(COC1COC(C)(C(=O)N(C)C)OC1)O[C@H]1O[C@H](CO)[C@@H](O[C@@H]2OC(CO)[C@H](O[C@@H]3OC(CO)[C@H](O)[C@H](O)C3O)[C@H](O)C2O)C(O)C1O. The first kappa shape index (κ1) is 62.7. The van der Waals surface area contributed by atoms with Gasteiger partial charge in [-0.3, -0.25) is 4.79 Å². The van der Waals surface area contributed by atoms with E-state index >= 15 is 0 Å². The fourth-order valence-corrected chi connectivity index (χ4v) is 7.53. The van der Waals surface area contributed by atoms with Crippen LogP contribution in [-0.2, 0) is 80.6 Å². The Morgan fingerprint density at radius 2 is 0.972 bits per heavy atom. The summed E-state index contributed by atoms with van der Waals surface area (Å²) in [5.41, 5.74) is 0. The second-order valence-corrected chi connectivity index (χ2v) is 17.3. The Kier molecular flexibility index (Phi) is 29.0. The Bertz CT molecular complexity index is 1460. The first-order valence-corrected chi connectivity index (χ1v) is 23.9. The van der Waals surface area contributed by atoms with Gasteiger partial charge in [-0.05, 0) is 6.92 Å². The number of ether oxygens (including phenoxy) is 16. The van der Waals surface area contributed by atoms with Gasteiger partial charge < -0.3 is 132 Å². The molecule has 72 heavy (non-hydrogen) atoms. The molecule has 28 heteroatoms. The highest BCUT2D eigenvalue weighted by Gasteiger charge is 2.54. The molecule has 0 spiro atoms. The monoisotopic (exact) mass is 1050 g/mol. The molecule has 4 saturated heterocycles. The van der Waals surface area contributed by atoms with Crippen molar-refractivity contribution in [2.24, 2.45) is 0 Å². The molecule has 16 atom stereocenters. The molecule has 422 valence electrons. The lowest BCUT2D eigenvalue weighted by Crippen LogP contribution is -2.66. The second-order valence-electron chi connectivity index (χ2n) is 17.3. The van der Waals surface area contributed by atoms with Gasteiger partial charge in [0.15, 0.2) is 18.9 Å². The molecule has 0 bridgehead atoms. The van der Waals surface area contributed by atoms with Crippen LogP contribution in [0.2, 0.25) is 0 Å². The van der Waals surface area contributed by atoms with Crippen molar-refractivity contribution in [3.63, 3.8) is 0 Å². The summed E-state index contributed by atoms with van der Waals surface area (Å²) in [6.07, 6.45) is -26.1. The number of aliphatic hydroxyl groups is 10. The topological polar surface area (TPSA) is 370 Å². The molecule has 0 aliphatic carbocycles. The van der Waals surface area contributed by atoms with E-state index < -0.39 is 136 Å². The van der Waals surface area contributed by atoms with Crippen molar-refractivity contribution in [1.29, 1.82) is 0 Å². The van der Waals surface area contributed by atoms with Crippen LogP contribution in [0.4, 0.5) is 0 Å². The Balaban J connectivity index is 1.24. The standard InChI is InChI=1S/C44H79NO27/c1-5-6-57-7-8-58-9-10-59-11-12-60-13-14-61-15-16-62-17-18-63-22-27(23-64-26-24-65-44(2,66-25-26)43(56)45(3)4)67-40-36(54)33(51)38(29(20-47)69-40)72-42-37(55)34(52)39(30(21-48)70-42)71-41-35(53)32(50)31(49)28(19-46)68-41/h5,26-42,46-55H,1,6-25H2,2-4H3/t26?,27?,28?,29-,30?,31+,32+,33?,34-,35?,36?,37?,38-,39+,40+,41+,42+,44?/m1/s1. The minimum Gasteiger partial charge on any atom is -0.394 e. The minimum absolute atomic E-state index is 0.0292. The molecule has 4 fully saturated rings.